The summed E-state index contributed by atoms with van der Waals surface area (Å²) < 4.78 is 16.4. The Morgan fingerprint density at radius 2 is 1.81 bits per heavy atom. The topological polar surface area (TPSA) is 53.7 Å². The van der Waals surface area contributed by atoms with Gasteiger partial charge in [-0.3, -0.25) is 0 Å². The van der Waals surface area contributed by atoms with Crippen LogP contribution in [0.3, 0.4) is 0 Å². The zero-order valence-electron chi connectivity index (χ0n) is 13.1. The van der Waals surface area contributed by atoms with Crippen molar-refractivity contribution in [2.45, 2.75) is 38.1 Å². The van der Waals surface area contributed by atoms with Crippen LogP contribution in [0.25, 0.3) is 0 Å². The molecule has 0 aromatic heterocycles. The van der Waals surface area contributed by atoms with E-state index < -0.39 is 0 Å². The van der Waals surface area contributed by atoms with Crippen LogP contribution in [-0.4, -0.2) is 27.4 Å². The molecule has 2 N–H and O–H groups in total. The fourth-order valence-electron chi connectivity index (χ4n) is 2.90. The minimum absolute atomic E-state index is 0.131. The molecule has 0 spiro atoms. The van der Waals surface area contributed by atoms with Crippen molar-refractivity contribution in [2.75, 3.05) is 27.4 Å². The van der Waals surface area contributed by atoms with Gasteiger partial charge >= 0.3 is 0 Å². The first-order valence-corrected chi connectivity index (χ1v) is 7.80. The van der Waals surface area contributed by atoms with Crippen molar-refractivity contribution in [1.29, 1.82) is 0 Å². The summed E-state index contributed by atoms with van der Waals surface area (Å²) in [6.07, 6.45) is 6.66. The second kappa shape index (κ2) is 8.25. The fraction of sp³-hybridized carbons (Fsp3) is 0.647. The van der Waals surface area contributed by atoms with Gasteiger partial charge in [0.1, 0.15) is 0 Å². The van der Waals surface area contributed by atoms with E-state index in [4.69, 9.17) is 19.9 Å². The maximum absolute atomic E-state index is 6.20. The summed E-state index contributed by atoms with van der Waals surface area (Å²) in [5, 5.41) is 0. The fourth-order valence-corrected chi connectivity index (χ4v) is 2.90. The van der Waals surface area contributed by atoms with E-state index in [1.807, 2.05) is 18.2 Å². The SMILES string of the molecule is COc1ccc(C(N)COCC2CCCCC2)cc1OC. The molecule has 4 nitrogen and oxygen atoms in total. The molecule has 0 heterocycles. The molecule has 1 saturated carbocycles. The van der Waals surface area contributed by atoms with Crippen molar-refractivity contribution in [3.63, 3.8) is 0 Å². The Kier molecular flexibility index (Phi) is 6.33. The lowest BCUT2D eigenvalue weighted by atomic mass is 9.90. The third-order valence-electron chi connectivity index (χ3n) is 4.21. The highest BCUT2D eigenvalue weighted by molar-refractivity contribution is 5.43. The van der Waals surface area contributed by atoms with Crippen LogP contribution in [0.15, 0.2) is 18.2 Å². The summed E-state index contributed by atoms with van der Waals surface area (Å²) >= 11 is 0. The molecule has 1 aliphatic carbocycles. The van der Waals surface area contributed by atoms with Gasteiger partial charge in [0.25, 0.3) is 0 Å². The molecule has 2 rings (SSSR count). The van der Waals surface area contributed by atoms with Crippen molar-refractivity contribution in [1.82, 2.24) is 0 Å². The van der Waals surface area contributed by atoms with Gasteiger partial charge in [-0.15, -0.1) is 0 Å². The highest BCUT2D eigenvalue weighted by Crippen LogP contribution is 2.29. The lowest BCUT2D eigenvalue weighted by Gasteiger charge is -2.22. The lowest BCUT2D eigenvalue weighted by molar-refractivity contribution is 0.0759. The van der Waals surface area contributed by atoms with Gasteiger partial charge in [0.15, 0.2) is 11.5 Å². The number of rotatable bonds is 7. The number of benzene rings is 1. The largest absolute Gasteiger partial charge is 0.493 e. The summed E-state index contributed by atoms with van der Waals surface area (Å²) in [6, 6.07) is 5.65. The van der Waals surface area contributed by atoms with Crippen LogP contribution in [0.1, 0.15) is 43.7 Å². The van der Waals surface area contributed by atoms with Crippen molar-refractivity contribution >= 4 is 0 Å². The van der Waals surface area contributed by atoms with E-state index >= 15 is 0 Å². The standard InChI is InChI=1S/C17H27NO3/c1-19-16-9-8-14(10-17(16)20-2)15(18)12-21-11-13-6-4-3-5-7-13/h8-10,13,15H,3-7,11-12,18H2,1-2H3. The number of hydrogen-bond acceptors (Lipinski definition) is 4. The van der Waals surface area contributed by atoms with E-state index in [0.29, 0.717) is 12.4 Å². The number of hydrogen-bond donors (Lipinski definition) is 1. The zero-order valence-corrected chi connectivity index (χ0v) is 13.1. The Morgan fingerprint density at radius 3 is 2.48 bits per heavy atom. The van der Waals surface area contributed by atoms with E-state index in [2.05, 4.69) is 0 Å². The van der Waals surface area contributed by atoms with Crippen molar-refractivity contribution < 1.29 is 14.2 Å². The van der Waals surface area contributed by atoms with Crippen molar-refractivity contribution in [3.8, 4) is 11.5 Å². The third kappa shape index (κ3) is 4.61. The number of methoxy groups -OCH3 is 2. The van der Waals surface area contributed by atoms with Crippen LogP contribution in [0, 0.1) is 5.92 Å². The molecule has 0 bridgehead atoms. The van der Waals surface area contributed by atoms with E-state index in [1.165, 1.54) is 32.1 Å². The Hall–Kier alpha value is -1.26. The average molecular weight is 293 g/mol. The van der Waals surface area contributed by atoms with Gasteiger partial charge < -0.3 is 19.9 Å². The summed E-state index contributed by atoms with van der Waals surface area (Å²) in [5.41, 5.74) is 7.21. The highest BCUT2D eigenvalue weighted by Gasteiger charge is 2.15. The monoisotopic (exact) mass is 293 g/mol. The molecule has 1 aliphatic rings. The molecule has 1 atom stereocenters. The highest BCUT2D eigenvalue weighted by atomic mass is 16.5. The van der Waals surface area contributed by atoms with Crippen LogP contribution < -0.4 is 15.2 Å². The van der Waals surface area contributed by atoms with Crippen LogP contribution in [0.2, 0.25) is 0 Å². The maximum atomic E-state index is 6.20. The summed E-state index contributed by atoms with van der Waals surface area (Å²) in [7, 11) is 3.26. The van der Waals surface area contributed by atoms with Gasteiger partial charge in [0.2, 0.25) is 0 Å². The Morgan fingerprint density at radius 1 is 1.10 bits per heavy atom. The Labute approximate surface area is 127 Å². The quantitative estimate of drug-likeness (QED) is 0.838. The molecule has 1 aromatic rings. The van der Waals surface area contributed by atoms with Crippen molar-refractivity contribution in [3.05, 3.63) is 23.8 Å². The molecule has 4 heteroatoms. The molecule has 1 fully saturated rings. The van der Waals surface area contributed by atoms with E-state index in [9.17, 15) is 0 Å². The Bertz CT molecular complexity index is 430. The zero-order chi connectivity index (χ0) is 15.1. The molecule has 21 heavy (non-hydrogen) atoms. The molecule has 0 saturated heterocycles. The van der Waals surface area contributed by atoms with Gasteiger partial charge in [-0.1, -0.05) is 25.3 Å². The minimum atomic E-state index is -0.131. The van der Waals surface area contributed by atoms with Crippen LogP contribution in [0.5, 0.6) is 11.5 Å². The molecule has 118 valence electrons. The van der Waals surface area contributed by atoms with E-state index in [-0.39, 0.29) is 6.04 Å². The van der Waals surface area contributed by atoms with Gasteiger partial charge in [-0.25, -0.2) is 0 Å². The van der Waals surface area contributed by atoms with Crippen molar-refractivity contribution in [2.24, 2.45) is 11.7 Å². The van der Waals surface area contributed by atoms with Gasteiger partial charge in [0, 0.05) is 6.61 Å². The number of nitrogens with two attached hydrogens (primary N) is 1. The Balaban J connectivity index is 1.83. The molecule has 1 aromatic carbocycles. The average Bonchev–Trinajstić information content (AvgIpc) is 2.55. The molecular weight excluding hydrogens is 266 g/mol. The second-order valence-electron chi connectivity index (χ2n) is 5.76. The molecule has 0 amide bonds. The molecule has 1 unspecified atom stereocenters. The lowest BCUT2D eigenvalue weighted by Crippen LogP contribution is -2.21. The molecule has 0 radical (unpaired) electrons. The van der Waals surface area contributed by atoms with Gasteiger partial charge in [-0.05, 0) is 36.5 Å². The van der Waals surface area contributed by atoms with Gasteiger partial charge in [0.05, 0.1) is 26.9 Å². The first-order valence-electron chi connectivity index (χ1n) is 7.80. The number of ether oxygens (including phenoxy) is 3. The summed E-state index contributed by atoms with van der Waals surface area (Å²) in [5.74, 6) is 2.14. The predicted octanol–water partition coefficient (Wildman–Crippen LogP) is 3.30. The minimum Gasteiger partial charge on any atom is -0.493 e. The maximum Gasteiger partial charge on any atom is 0.161 e. The van der Waals surface area contributed by atoms with Gasteiger partial charge in [-0.2, -0.15) is 0 Å². The second-order valence-corrected chi connectivity index (χ2v) is 5.76. The molecular formula is C17H27NO3. The predicted molar refractivity (Wildman–Crippen MR) is 83.9 cm³/mol. The van der Waals surface area contributed by atoms with Crippen LogP contribution >= 0.6 is 0 Å². The van der Waals surface area contributed by atoms with E-state index in [0.717, 1.165) is 23.8 Å². The smallest absolute Gasteiger partial charge is 0.161 e. The summed E-state index contributed by atoms with van der Waals surface area (Å²) in [4.78, 5) is 0. The first-order chi connectivity index (χ1) is 10.2. The third-order valence-corrected chi connectivity index (χ3v) is 4.21. The molecule has 0 aliphatic heterocycles. The first kappa shape index (κ1) is 16.1. The van der Waals surface area contributed by atoms with Crippen LogP contribution in [0.4, 0.5) is 0 Å². The normalized spacial score (nSPS) is 17.5. The van der Waals surface area contributed by atoms with Crippen LogP contribution in [-0.2, 0) is 4.74 Å². The van der Waals surface area contributed by atoms with E-state index in [1.54, 1.807) is 14.2 Å². The summed E-state index contributed by atoms with van der Waals surface area (Å²) in [6.45, 7) is 1.38.